The molecule has 0 bridgehead atoms. The van der Waals surface area contributed by atoms with E-state index in [-0.39, 0.29) is 6.61 Å². The maximum absolute atomic E-state index is 11.4. The van der Waals surface area contributed by atoms with Crippen LogP contribution in [0.5, 0.6) is 0 Å². The standard InChI is InChI=1S/C33H72O4Si2/c1-31(2,3)38(7,8)36-29-23-17-13-11-15-19-25-33(35,27-21-22-28-34)26-20-16-12-14-18-24-30-37-39(9,10)32(4,5)6/h34-35H,11-30H2,1-10H3. The van der Waals surface area contributed by atoms with Gasteiger partial charge < -0.3 is 19.1 Å². The second-order valence-corrected chi connectivity index (χ2v) is 25.0. The first-order chi connectivity index (χ1) is 18.0. The average Bonchev–Trinajstić information content (AvgIpc) is 2.80. The van der Waals surface area contributed by atoms with Gasteiger partial charge in [-0.2, -0.15) is 0 Å². The SMILES string of the molecule is CC(C)(C)[Si](C)(C)OCCCCCCCCC(O)(CCCCO)CCCCCCCCO[Si](C)(C)C(C)(C)C. The molecule has 6 heteroatoms. The second kappa shape index (κ2) is 19.5. The predicted octanol–water partition coefficient (Wildman–Crippen LogP) is 10.4. The fourth-order valence-corrected chi connectivity index (χ4v) is 6.73. The van der Waals surface area contributed by atoms with E-state index in [1.165, 1.54) is 64.2 Å². The van der Waals surface area contributed by atoms with Crippen LogP contribution in [0.4, 0.5) is 0 Å². The first-order valence-electron chi connectivity index (χ1n) is 16.6. The molecule has 0 spiro atoms. The van der Waals surface area contributed by atoms with E-state index in [4.69, 9.17) is 8.85 Å². The van der Waals surface area contributed by atoms with E-state index in [2.05, 4.69) is 67.7 Å². The molecule has 0 aliphatic rings. The van der Waals surface area contributed by atoms with Crippen molar-refractivity contribution in [1.82, 2.24) is 0 Å². The molecule has 0 saturated carbocycles. The molecule has 0 aromatic carbocycles. The maximum atomic E-state index is 11.4. The van der Waals surface area contributed by atoms with Gasteiger partial charge in [-0.05, 0) is 81.2 Å². The molecule has 0 fully saturated rings. The molecule has 0 aromatic rings. The molecule has 0 aliphatic carbocycles. The minimum atomic E-state index is -1.61. The van der Waals surface area contributed by atoms with Crippen molar-refractivity contribution in [3.63, 3.8) is 0 Å². The van der Waals surface area contributed by atoms with Crippen LogP contribution in [0.1, 0.15) is 151 Å². The third kappa shape index (κ3) is 18.4. The molecular weight excluding hydrogens is 517 g/mol. The molecule has 0 aromatic heterocycles. The van der Waals surface area contributed by atoms with Crippen molar-refractivity contribution in [3.05, 3.63) is 0 Å². The van der Waals surface area contributed by atoms with Crippen molar-refractivity contribution in [1.29, 1.82) is 0 Å². The quantitative estimate of drug-likeness (QED) is 0.0869. The van der Waals surface area contributed by atoms with Crippen LogP contribution in [0.3, 0.4) is 0 Å². The third-order valence-corrected chi connectivity index (χ3v) is 18.7. The van der Waals surface area contributed by atoms with Crippen molar-refractivity contribution < 1.29 is 19.1 Å². The van der Waals surface area contributed by atoms with Gasteiger partial charge in [-0.3, -0.25) is 0 Å². The Labute approximate surface area is 247 Å². The molecule has 2 N–H and O–H groups in total. The van der Waals surface area contributed by atoms with Gasteiger partial charge in [-0.25, -0.2) is 0 Å². The number of rotatable bonds is 24. The number of hydrogen-bond donors (Lipinski definition) is 2. The molecule has 39 heavy (non-hydrogen) atoms. The number of hydrogen-bond acceptors (Lipinski definition) is 4. The lowest BCUT2D eigenvalue weighted by Crippen LogP contribution is -2.40. The van der Waals surface area contributed by atoms with Crippen molar-refractivity contribution >= 4 is 16.6 Å². The molecule has 0 heterocycles. The lowest BCUT2D eigenvalue weighted by atomic mass is 9.85. The van der Waals surface area contributed by atoms with E-state index in [1.54, 1.807) is 0 Å². The van der Waals surface area contributed by atoms with Crippen LogP contribution in [0, 0.1) is 0 Å². The highest BCUT2D eigenvalue weighted by molar-refractivity contribution is 6.74. The summed E-state index contributed by atoms with van der Waals surface area (Å²) < 4.78 is 12.6. The number of unbranched alkanes of at least 4 members (excludes halogenated alkanes) is 11. The van der Waals surface area contributed by atoms with E-state index in [1.807, 2.05) is 0 Å². The molecule has 236 valence electrons. The van der Waals surface area contributed by atoms with Crippen molar-refractivity contribution in [2.75, 3.05) is 19.8 Å². The Morgan fingerprint density at radius 3 is 1.05 bits per heavy atom. The van der Waals surface area contributed by atoms with Gasteiger partial charge in [0.25, 0.3) is 0 Å². The number of aliphatic hydroxyl groups excluding tert-OH is 1. The molecule has 0 aliphatic heterocycles. The van der Waals surface area contributed by atoms with E-state index in [0.717, 1.165) is 58.2 Å². The highest BCUT2D eigenvalue weighted by atomic mass is 28.4. The molecule has 0 rings (SSSR count). The minimum Gasteiger partial charge on any atom is -0.417 e. The molecule has 4 nitrogen and oxygen atoms in total. The summed E-state index contributed by atoms with van der Waals surface area (Å²) in [6.45, 7) is 25.2. The third-order valence-electron chi connectivity index (χ3n) is 9.66. The molecular formula is C33H72O4Si2. The van der Waals surface area contributed by atoms with Crippen LogP contribution in [-0.4, -0.2) is 52.3 Å². The Morgan fingerprint density at radius 2 is 0.744 bits per heavy atom. The average molecular weight is 589 g/mol. The molecule has 0 radical (unpaired) electrons. The molecule has 0 amide bonds. The second-order valence-electron chi connectivity index (χ2n) is 15.4. The Kier molecular flexibility index (Phi) is 19.6. The maximum Gasteiger partial charge on any atom is 0.191 e. The molecule has 0 unspecified atom stereocenters. The summed E-state index contributed by atoms with van der Waals surface area (Å²) in [5.41, 5.74) is -0.539. The zero-order valence-electron chi connectivity index (χ0n) is 28.4. The van der Waals surface area contributed by atoms with Crippen molar-refractivity contribution in [2.24, 2.45) is 0 Å². The summed E-state index contributed by atoms with van der Waals surface area (Å²) in [6.07, 6.45) is 18.9. The van der Waals surface area contributed by atoms with Crippen LogP contribution in [0.15, 0.2) is 0 Å². The lowest BCUT2D eigenvalue weighted by molar-refractivity contribution is 0.00631. The Balaban J connectivity index is 4.07. The van der Waals surface area contributed by atoms with Crippen LogP contribution in [0.25, 0.3) is 0 Å². The van der Waals surface area contributed by atoms with Gasteiger partial charge in [0.2, 0.25) is 0 Å². The predicted molar refractivity (Wildman–Crippen MR) is 177 cm³/mol. The topological polar surface area (TPSA) is 58.9 Å². The van der Waals surface area contributed by atoms with Gasteiger partial charge in [0, 0.05) is 19.8 Å². The summed E-state index contributed by atoms with van der Waals surface area (Å²) >= 11 is 0. The highest BCUT2D eigenvalue weighted by Crippen LogP contribution is 2.37. The fraction of sp³-hybridized carbons (Fsp3) is 1.00. The Morgan fingerprint density at radius 1 is 0.462 bits per heavy atom. The Hall–Kier alpha value is 0.274. The van der Waals surface area contributed by atoms with E-state index in [0.29, 0.717) is 10.1 Å². The van der Waals surface area contributed by atoms with Gasteiger partial charge in [-0.1, -0.05) is 106 Å². The smallest absolute Gasteiger partial charge is 0.191 e. The van der Waals surface area contributed by atoms with E-state index < -0.39 is 22.2 Å². The molecule has 0 saturated heterocycles. The normalized spacial score (nSPS) is 13.8. The van der Waals surface area contributed by atoms with E-state index >= 15 is 0 Å². The zero-order valence-corrected chi connectivity index (χ0v) is 30.4. The first kappa shape index (κ1) is 39.3. The largest absolute Gasteiger partial charge is 0.417 e. The first-order valence-corrected chi connectivity index (χ1v) is 22.4. The van der Waals surface area contributed by atoms with Crippen molar-refractivity contribution in [3.8, 4) is 0 Å². The van der Waals surface area contributed by atoms with Gasteiger partial charge in [0.05, 0.1) is 5.60 Å². The van der Waals surface area contributed by atoms with Gasteiger partial charge in [-0.15, -0.1) is 0 Å². The van der Waals surface area contributed by atoms with Crippen LogP contribution in [0.2, 0.25) is 36.3 Å². The summed E-state index contributed by atoms with van der Waals surface area (Å²) in [7, 11) is -3.21. The van der Waals surface area contributed by atoms with Crippen LogP contribution in [-0.2, 0) is 8.85 Å². The fourth-order valence-electron chi connectivity index (χ4n) is 4.55. The van der Waals surface area contributed by atoms with Gasteiger partial charge in [0.15, 0.2) is 16.6 Å². The summed E-state index contributed by atoms with van der Waals surface area (Å²) in [6, 6.07) is 0. The zero-order chi connectivity index (χ0) is 30.1. The lowest BCUT2D eigenvalue weighted by Gasteiger charge is -2.36. The van der Waals surface area contributed by atoms with Gasteiger partial charge >= 0.3 is 0 Å². The highest BCUT2D eigenvalue weighted by Gasteiger charge is 2.37. The summed E-state index contributed by atoms with van der Waals surface area (Å²) in [4.78, 5) is 0. The van der Waals surface area contributed by atoms with Crippen LogP contribution >= 0.6 is 0 Å². The van der Waals surface area contributed by atoms with E-state index in [9.17, 15) is 10.2 Å². The van der Waals surface area contributed by atoms with Gasteiger partial charge in [0.1, 0.15) is 0 Å². The number of aliphatic hydroxyl groups is 2. The molecule has 0 atom stereocenters. The Bertz CT molecular complexity index is 549. The van der Waals surface area contributed by atoms with Crippen molar-refractivity contribution in [2.45, 2.75) is 193 Å². The summed E-state index contributed by atoms with van der Waals surface area (Å²) in [5.74, 6) is 0. The van der Waals surface area contributed by atoms with Crippen LogP contribution < -0.4 is 0 Å². The monoisotopic (exact) mass is 588 g/mol. The summed E-state index contributed by atoms with van der Waals surface area (Å²) in [5, 5.41) is 21.2. The minimum absolute atomic E-state index is 0.231.